The zero-order valence-corrected chi connectivity index (χ0v) is 37.3. The van der Waals surface area contributed by atoms with Crippen molar-refractivity contribution in [3.8, 4) is 51.7 Å². The highest BCUT2D eigenvalue weighted by atomic mass is 31.1. The molecule has 2 aliphatic carbocycles. The van der Waals surface area contributed by atoms with Crippen LogP contribution in [0, 0.1) is 40.9 Å². The van der Waals surface area contributed by atoms with Crippen molar-refractivity contribution in [2.75, 3.05) is 53.8 Å². The van der Waals surface area contributed by atoms with E-state index in [1.807, 2.05) is 38.1 Å². The molecular formula is C48H64N3O8P. The molecule has 2 aliphatic rings. The highest BCUT2D eigenvalue weighted by Crippen LogP contribution is 2.54. The summed E-state index contributed by atoms with van der Waals surface area (Å²) in [6, 6.07) is 24.8. The predicted molar refractivity (Wildman–Crippen MR) is 237 cm³/mol. The van der Waals surface area contributed by atoms with Gasteiger partial charge < -0.3 is 38.3 Å². The van der Waals surface area contributed by atoms with E-state index >= 15 is 0 Å². The van der Waals surface area contributed by atoms with Gasteiger partial charge in [-0.1, -0.05) is 36.4 Å². The Morgan fingerprint density at radius 2 is 1.52 bits per heavy atom. The lowest BCUT2D eigenvalue weighted by molar-refractivity contribution is -0.104. The molecule has 324 valence electrons. The lowest BCUT2D eigenvalue weighted by Gasteiger charge is -2.40. The van der Waals surface area contributed by atoms with Crippen LogP contribution in [-0.4, -0.2) is 82.4 Å². The van der Waals surface area contributed by atoms with Crippen LogP contribution in [0.4, 0.5) is 4.79 Å². The first-order valence-corrected chi connectivity index (χ1v) is 22.1. The van der Waals surface area contributed by atoms with E-state index in [0.29, 0.717) is 45.1 Å². The number of ether oxygens (including phenoxy) is 6. The monoisotopic (exact) mass is 841 g/mol. The summed E-state index contributed by atoms with van der Waals surface area (Å²) in [4.78, 5) is 12.4. The average molecular weight is 842 g/mol. The second-order valence-corrected chi connectivity index (χ2v) is 16.9. The van der Waals surface area contributed by atoms with Crippen molar-refractivity contribution >= 4 is 15.1 Å². The second-order valence-electron chi connectivity index (χ2n) is 16.0. The minimum absolute atomic E-state index is 0.0493. The summed E-state index contributed by atoms with van der Waals surface area (Å²) >= 11 is 0. The minimum Gasteiger partial charge on any atom is -0.497 e. The Morgan fingerprint density at radius 3 is 2.15 bits per heavy atom. The molecule has 12 heteroatoms. The summed E-state index contributed by atoms with van der Waals surface area (Å²) in [5, 5.41) is 12.0. The molecule has 3 aromatic rings. The van der Waals surface area contributed by atoms with Gasteiger partial charge in [-0.3, -0.25) is 0 Å². The number of hydrogen-bond acceptors (Lipinski definition) is 10. The molecule has 0 heterocycles. The molecule has 1 amide bonds. The van der Waals surface area contributed by atoms with Crippen LogP contribution in [0.25, 0.3) is 22.3 Å². The van der Waals surface area contributed by atoms with E-state index in [1.54, 1.807) is 14.2 Å². The van der Waals surface area contributed by atoms with Crippen LogP contribution in [0.15, 0.2) is 66.7 Å². The summed E-state index contributed by atoms with van der Waals surface area (Å²) in [5.74, 6) is 10.3. The molecule has 1 saturated carbocycles. The van der Waals surface area contributed by atoms with Crippen LogP contribution < -0.4 is 14.8 Å². The fraction of sp³-hybridized carbons (Fsp3) is 0.542. The first kappa shape index (κ1) is 46.9. The first-order valence-electron chi connectivity index (χ1n) is 21.3. The van der Waals surface area contributed by atoms with Crippen molar-refractivity contribution in [3.63, 3.8) is 0 Å². The number of nitriles is 1. The van der Waals surface area contributed by atoms with Crippen LogP contribution in [0.5, 0.6) is 11.5 Å². The molecular weight excluding hydrogens is 778 g/mol. The number of hydrogen-bond donors (Lipinski definition) is 1. The van der Waals surface area contributed by atoms with E-state index in [4.69, 9.17) is 38.2 Å². The van der Waals surface area contributed by atoms with Crippen molar-refractivity contribution in [1.29, 1.82) is 5.26 Å². The number of nitrogens with one attached hydrogen (secondary N) is 1. The maximum Gasteiger partial charge on any atom is 0.407 e. The van der Waals surface area contributed by atoms with Crippen LogP contribution in [0.2, 0.25) is 0 Å². The lowest BCUT2D eigenvalue weighted by Crippen LogP contribution is -2.45. The van der Waals surface area contributed by atoms with Gasteiger partial charge in [0, 0.05) is 38.5 Å². The van der Waals surface area contributed by atoms with Crippen molar-refractivity contribution < 1.29 is 37.7 Å². The zero-order valence-electron chi connectivity index (χ0n) is 36.3. The van der Waals surface area contributed by atoms with Crippen molar-refractivity contribution in [2.24, 2.45) is 17.8 Å². The lowest BCUT2D eigenvalue weighted by atomic mass is 9.94. The maximum atomic E-state index is 12.4. The average Bonchev–Trinajstić information content (AvgIpc) is 3.89. The highest BCUT2D eigenvalue weighted by Gasteiger charge is 2.47. The SMILES string of the molecule is COc1ccc(-c2ccc(COCC(COCCCOC(=O)NCCC3C4CCC#CCCC43)OPN(C(C)C)C(C)(C)OCCC#N)c(-c3ccc(OC)cc3)c2)cc1. The first-order chi connectivity index (χ1) is 29.1. The largest absolute Gasteiger partial charge is 0.497 e. The summed E-state index contributed by atoms with van der Waals surface area (Å²) in [5.41, 5.74) is 4.64. The summed E-state index contributed by atoms with van der Waals surface area (Å²) < 4.78 is 43.6. The van der Waals surface area contributed by atoms with Crippen LogP contribution >= 0.6 is 8.96 Å². The topological polar surface area (TPSA) is 121 Å². The van der Waals surface area contributed by atoms with Crippen molar-refractivity contribution in [1.82, 2.24) is 9.99 Å². The van der Waals surface area contributed by atoms with Crippen LogP contribution in [-0.2, 0) is 30.1 Å². The smallest absolute Gasteiger partial charge is 0.407 e. The normalized spacial score (nSPS) is 17.9. The van der Waals surface area contributed by atoms with Gasteiger partial charge >= 0.3 is 6.09 Å². The molecule has 1 fully saturated rings. The molecule has 4 unspecified atom stereocenters. The van der Waals surface area contributed by atoms with E-state index in [2.05, 4.69) is 84.2 Å². The Hall–Kier alpha value is -4.19. The Morgan fingerprint density at radius 1 is 0.883 bits per heavy atom. The van der Waals surface area contributed by atoms with Gasteiger partial charge in [-0.15, -0.1) is 11.8 Å². The summed E-state index contributed by atoms with van der Waals surface area (Å²) in [6.07, 6.45) is 5.45. The number of nitrogens with zero attached hydrogens (tertiary/aromatic N) is 2. The third kappa shape index (κ3) is 14.5. The molecule has 1 N–H and O–H groups in total. The van der Waals surface area contributed by atoms with Gasteiger partial charge in [0.15, 0.2) is 0 Å². The van der Waals surface area contributed by atoms with Gasteiger partial charge in [0.05, 0.1) is 68.7 Å². The minimum atomic E-state index is -0.656. The van der Waals surface area contributed by atoms with Gasteiger partial charge in [0.1, 0.15) is 23.3 Å². The third-order valence-electron chi connectivity index (χ3n) is 11.1. The number of carbonyl (C=O) groups excluding carboxylic acids is 1. The number of fused-ring (bicyclic) bond motifs is 1. The molecule has 0 saturated heterocycles. The van der Waals surface area contributed by atoms with E-state index in [0.717, 1.165) is 70.4 Å². The van der Waals surface area contributed by atoms with Crippen molar-refractivity contribution in [3.05, 3.63) is 72.3 Å². The molecule has 60 heavy (non-hydrogen) atoms. The molecule has 0 spiro atoms. The van der Waals surface area contributed by atoms with Gasteiger partial charge in [-0.25, -0.2) is 9.46 Å². The van der Waals surface area contributed by atoms with Gasteiger partial charge in [-0.05, 0) is 123 Å². The molecule has 0 radical (unpaired) electrons. The highest BCUT2D eigenvalue weighted by molar-refractivity contribution is 7.29. The Balaban J connectivity index is 1.16. The summed E-state index contributed by atoms with van der Waals surface area (Å²) in [7, 11) is 3.28. The maximum absolute atomic E-state index is 12.4. The number of amides is 1. The van der Waals surface area contributed by atoms with Crippen molar-refractivity contribution in [2.45, 2.75) is 97.1 Å². The Kier molecular flexibility index (Phi) is 19.0. The van der Waals surface area contributed by atoms with E-state index in [1.165, 1.54) is 12.8 Å². The van der Waals surface area contributed by atoms with Crippen LogP contribution in [0.3, 0.4) is 0 Å². The predicted octanol–water partition coefficient (Wildman–Crippen LogP) is 9.79. The molecule has 0 bridgehead atoms. The number of rotatable bonds is 25. The quantitative estimate of drug-likeness (QED) is 0.0382. The standard InChI is InChI=1S/C48H64N3O8P/c1-35(2)51(48(3,4)58-30-11-26-49)60-59-42(33-55-28-12-29-57-47(52)50-27-25-45-43-13-9-7-8-10-14-44(43)45)34-56-32-39-16-15-38(36-17-21-40(53-5)22-18-36)31-46(39)37-19-23-41(54-6)24-20-37/h15-24,31,35,42-45,60H,9-14,25,27-30,32-34H2,1-6H3,(H,50,52). The van der Waals surface area contributed by atoms with Gasteiger partial charge in [-0.2, -0.15) is 5.26 Å². The van der Waals surface area contributed by atoms with E-state index < -0.39 is 11.8 Å². The summed E-state index contributed by atoms with van der Waals surface area (Å²) in [6.45, 7) is 10.7. The molecule has 0 aromatic heterocycles. The number of carbonyl (C=O) groups is 1. The van der Waals surface area contributed by atoms with Crippen LogP contribution in [0.1, 0.15) is 78.2 Å². The molecule has 4 atom stereocenters. The second kappa shape index (κ2) is 24.3. The number of methoxy groups -OCH3 is 2. The molecule has 0 aliphatic heterocycles. The van der Waals surface area contributed by atoms with Gasteiger partial charge in [0.2, 0.25) is 0 Å². The fourth-order valence-electron chi connectivity index (χ4n) is 7.90. The van der Waals surface area contributed by atoms with Gasteiger partial charge in [0.25, 0.3) is 0 Å². The van der Waals surface area contributed by atoms with E-state index in [-0.39, 0.29) is 40.9 Å². The number of benzene rings is 3. The zero-order chi connectivity index (χ0) is 42.7. The molecule has 11 nitrogen and oxygen atoms in total. The fourth-order valence-corrected chi connectivity index (χ4v) is 8.80. The molecule has 5 rings (SSSR count). The number of alkyl carbamates (subject to hydrolysis) is 1. The third-order valence-corrected chi connectivity index (χ3v) is 12.8. The van der Waals surface area contributed by atoms with E-state index in [9.17, 15) is 4.79 Å². The Bertz CT molecular complexity index is 1850. The Labute approximate surface area is 359 Å². The molecule has 3 aromatic carbocycles.